The molecule has 2 N–H and O–H groups in total. The van der Waals surface area contributed by atoms with Crippen LogP contribution in [-0.2, 0) is 0 Å². The first-order valence-corrected chi connectivity index (χ1v) is 6.80. The number of nitrogens with zero attached hydrogens (tertiary/aromatic N) is 1. The van der Waals surface area contributed by atoms with Crippen molar-refractivity contribution in [3.05, 3.63) is 29.6 Å². The van der Waals surface area contributed by atoms with Crippen LogP contribution in [0, 0.1) is 5.82 Å². The number of carbonyl (C=O) groups is 1. The topological polar surface area (TPSA) is 44.4 Å². The van der Waals surface area contributed by atoms with Crippen LogP contribution in [0.3, 0.4) is 0 Å². The van der Waals surface area contributed by atoms with E-state index in [1.54, 1.807) is 12.1 Å². The highest BCUT2D eigenvalue weighted by molar-refractivity contribution is 5.95. The molecular weight excluding hydrogens is 245 g/mol. The average molecular weight is 263 g/mol. The van der Waals surface area contributed by atoms with E-state index in [1.807, 2.05) is 4.90 Å². The zero-order chi connectivity index (χ0) is 13.2. The van der Waals surface area contributed by atoms with Crippen LogP contribution in [0.4, 0.5) is 10.1 Å². The minimum Gasteiger partial charge on any atom is -0.367 e. The molecular formula is C14H18FN3O. The van der Waals surface area contributed by atoms with E-state index in [2.05, 4.69) is 10.6 Å². The summed E-state index contributed by atoms with van der Waals surface area (Å²) in [6.07, 6.45) is 2.07. The Kier molecular flexibility index (Phi) is 3.38. The molecule has 0 unspecified atom stereocenters. The van der Waals surface area contributed by atoms with Gasteiger partial charge in [-0.2, -0.15) is 0 Å². The fourth-order valence-electron chi connectivity index (χ4n) is 2.31. The predicted octanol–water partition coefficient (Wildman–Crippen LogP) is 1.13. The number of benzene rings is 1. The van der Waals surface area contributed by atoms with Gasteiger partial charge in [-0.15, -0.1) is 0 Å². The third kappa shape index (κ3) is 2.87. The number of rotatable bonds is 3. The second kappa shape index (κ2) is 5.17. The Morgan fingerprint density at radius 3 is 2.68 bits per heavy atom. The van der Waals surface area contributed by atoms with E-state index in [-0.39, 0.29) is 11.7 Å². The average Bonchev–Trinajstić information content (AvgIpc) is 3.23. The lowest BCUT2D eigenvalue weighted by atomic mass is 10.1. The maximum Gasteiger partial charge on any atom is 0.251 e. The SMILES string of the molecule is O=C(NC1CC1)c1ccc(N2CCNCC2)c(F)c1. The van der Waals surface area contributed by atoms with Gasteiger partial charge in [0.15, 0.2) is 0 Å². The first-order valence-electron chi connectivity index (χ1n) is 6.80. The summed E-state index contributed by atoms with van der Waals surface area (Å²) < 4.78 is 14.1. The van der Waals surface area contributed by atoms with Gasteiger partial charge in [-0.05, 0) is 31.0 Å². The van der Waals surface area contributed by atoms with E-state index in [9.17, 15) is 9.18 Å². The van der Waals surface area contributed by atoms with Crippen molar-refractivity contribution in [2.45, 2.75) is 18.9 Å². The number of hydrogen-bond acceptors (Lipinski definition) is 3. The van der Waals surface area contributed by atoms with E-state index in [0.29, 0.717) is 17.3 Å². The van der Waals surface area contributed by atoms with E-state index < -0.39 is 0 Å². The zero-order valence-corrected chi connectivity index (χ0v) is 10.8. The van der Waals surface area contributed by atoms with Crippen LogP contribution in [0.15, 0.2) is 18.2 Å². The van der Waals surface area contributed by atoms with E-state index >= 15 is 0 Å². The summed E-state index contributed by atoms with van der Waals surface area (Å²) in [6.45, 7) is 3.32. The first-order chi connectivity index (χ1) is 9.24. The van der Waals surface area contributed by atoms with Crippen molar-refractivity contribution in [1.29, 1.82) is 0 Å². The fraction of sp³-hybridized carbons (Fsp3) is 0.500. The molecule has 1 amide bonds. The Morgan fingerprint density at radius 1 is 1.32 bits per heavy atom. The smallest absolute Gasteiger partial charge is 0.251 e. The van der Waals surface area contributed by atoms with Crippen molar-refractivity contribution >= 4 is 11.6 Å². The number of carbonyl (C=O) groups excluding carboxylic acids is 1. The number of anilines is 1. The molecule has 2 aliphatic rings. The number of amides is 1. The van der Waals surface area contributed by atoms with Gasteiger partial charge in [-0.25, -0.2) is 4.39 Å². The van der Waals surface area contributed by atoms with E-state index in [1.165, 1.54) is 6.07 Å². The lowest BCUT2D eigenvalue weighted by Gasteiger charge is -2.29. The maximum absolute atomic E-state index is 14.1. The molecule has 1 aliphatic carbocycles. The summed E-state index contributed by atoms with van der Waals surface area (Å²) in [5.74, 6) is -0.487. The van der Waals surface area contributed by atoms with Gasteiger partial charge in [-0.3, -0.25) is 4.79 Å². The molecule has 0 atom stereocenters. The molecule has 1 aliphatic heterocycles. The minimum atomic E-state index is -0.314. The highest BCUT2D eigenvalue weighted by atomic mass is 19.1. The van der Waals surface area contributed by atoms with E-state index in [0.717, 1.165) is 39.0 Å². The molecule has 3 rings (SSSR count). The fourth-order valence-corrected chi connectivity index (χ4v) is 2.31. The lowest BCUT2D eigenvalue weighted by Crippen LogP contribution is -2.43. The first kappa shape index (κ1) is 12.4. The van der Waals surface area contributed by atoms with Crippen molar-refractivity contribution < 1.29 is 9.18 Å². The van der Waals surface area contributed by atoms with E-state index in [4.69, 9.17) is 0 Å². The van der Waals surface area contributed by atoms with Gasteiger partial charge in [0.05, 0.1) is 5.69 Å². The van der Waals surface area contributed by atoms with Crippen LogP contribution in [-0.4, -0.2) is 38.1 Å². The lowest BCUT2D eigenvalue weighted by molar-refractivity contribution is 0.0950. The summed E-state index contributed by atoms with van der Waals surface area (Å²) in [4.78, 5) is 13.8. The van der Waals surface area contributed by atoms with Crippen molar-refractivity contribution in [1.82, 2.24) is 10.6 Å². The van der Waals surface area contributed by atoms with Crippen LogP contribution in [0.1, 0.15) is 23.2 Å². The van der Waals surface area contributed by atoms with Crippen molar-refractivity contribution in [3.8, 4) is 0 Å². The highest BCUT2D eigenvalue weighted by Crippen LogP contribution is 2.23. The molecule has 102 valence electrons. The van der Waals surface area contributed by atoms with Crippen LogP contribution in [0.2, 0.25) is 0 Å². The predicted molar refractivity (Wildman–Crippen MR) is 72.0 cm³/mol. The van der Waals surface area contributed by atoms with Crippen LogP contribution in [0.25, 0.3) is 0 Å². The van der Waals surface area contributed by atoms with Gasteiger partial charge in [0, 0.05) is 37.8 Å². The summed E-state index contributed by atoms with van der Waals surface area (Å²) in [5, 5.41) is 6.10. The molecule has 1 saturated heterocycles. The third-order valence-electron chi connectivity index (χ3n) is 3.58. The monoisotopic (exact) mass is 263 g/mol. The Hall–Kier alpha value is -1.62. The molecule has 0 aromatic heterocycles. The van der Waals surface area contributed by atoms with Crippen molar-refractivity contribution in [2.24, 2.45) is 0 Å². The molecule has 1 heterocycles. The standard InChI is InChI=1S/C14H18FN3O/c15-12-9-10(14(19)17-11-2-3-11)1-4-13(12)18-7-5-16-6-8-18/h1,4,9,11,16H,2-3,5-8H2,(H,17,19). The molecule has 19 heavy (non-hydrogen) atoms. The van der Waals surface area contributed by atoms with Gasteiger partial charge >= 0.3 is 0 Å². The van der Waals surface area contributed by atoms with Gasteiger partial charge in [0.2, 0.25) is 0 Å². The van der Waals surface area contributed by atoms with Crippen molar-refractivity contribution in [3.63, 3.8) is 0 Å². The largest absolute Gasteiger partial charge is 0.367 e. The number of halogens is 1. The second-order valence-corrected chi connectivity index (χ2v) is 5.15. The van der Waals surface area contributed by atoms with Gasteiger partial charge in [0.1, 0.15) is 5.82 Å². The van der Waals surface area contributed by atoms with Gasteiger partial charge in [-0.1, -0.05) is 0 Å². The zero-order valence-electron chi connectivity index (χ0n) is 10.8. The highest BCUT2D eigenvalue weighted by Gasteiger charge is 2.24. The summed E-state index contributed by atoms with van der Waals surface area (Å²) in [5.41, 5.74) is 0.993. The number of piperazine rings is 1. The molecule has 0 radical (unpaired) electrons. The van der Waals surface area contributed by atoms with Crippen molar-refractivity contribution in [2.75, 3.05) is 31.1 Å². The molecule has 1 aromatic rings. The summed E-state index contributed by atoms with van der Waals surface area (Å²) >= 11 is 0. The van der Waals surface area contributed by atoms with Crippen LogP contribution in [0.5, 0.6) is 0 Å². The molecule has 0 spiro atoms. The molecule has 2 fully saturated rings. The molecule has 0 bridgehead atoms. The Morgan fingerprint density at radius 2 is 2.05 bits per heavy atom. The Labute approximate surface area is 112 Å². The van der Waals surface area contributed by atoms with Crippen LogP contribution < -0.4 is 15.5 Å². The molecule has 5 heteroatoms. The van der Waals surface area contributed by atoms with Crippen LogP contribution >= 0.6 is 0 Å². The number of hydrogen-bond donors (Lipinski definition) is 2. The second-order valence-electron chi connectivity index (χ2n) is 5.15. The third-order valence-corrected chi connectivity index (χ3v) is 3.58. The molecule has 4 nitrogen and oxygen atoms in total. The number of nitrogens with one attached hydrogen (secondary N) is 2. The van der Waals surface area contributed by atoms with Gasteiger partial charge in [0.25, 0.3) is 5.91 Å². The maximum atomic E-state index is 14.1. The Balaban J connectivity index is 1.74. The Bertz CT molecular complexity index is 482. The summed E-state index contributed by atoms with van der Waals surface area (Å²) in [7, 11) is 0. The minimum absolute atomic E-state index is 0.173. The normalized spacial score (nSPS) is 19.3. The quantitative estimate of drug-likeness (QED) is 0.859. The van der Waals surface area contributed by atoms with Gasteiger partial charge < -0.3 is 15.5 Å². The molecule has 1 aromatic carbocycles. The summed E-state index contributed by atoms with van der Waals surface area (Å²) in [6, 6.07) is 5.05. The molecule has 1 saturated carbocycles.